The van der Waals surface area contributed by atoms with Gasteiger partial charge in [-0.1, -0.05) is 49.4 Å². The van der Waals surface area contributed by atoms with Crippen LogP contribution in [0.2, 0.25) is 0 Å². The number of Topliss-reactive ketones (excluding diaryl/α,β-unsaturated/α-hetero) is 1. The van der Waals surface area contributed by atoms with E-state index in [0.29, 0.717) is 6.42 Å². The van der Waals surface area contributed by atoms with Gasteiger partial charge in [-0.3, -0.25) is 4.79 Å². The van der Waals surface area contributed by atoms with Crippen LogP contribution in [0.25, 0.3) is 10.8 Å². The zero-order valence-electron chi connectivity index (χ0n) is 12.7. The Morgan fingerprint density at radius 1 is 1.19 bits per heavy atom. The second-order valence-electron chi connectivity index (χ2n) is 6.25. The summed E-state index contributed by atoms with van der Waals surface area (Å²) in [5, 5.41) is 2.23. The van der Waals surface area contributed by atoms with Crippen molar-refractivity contribution in [3.63, 3.8) is 0 Å². The Labute approximate surface area is 126 Å². The van der Waals surface area contributed by atoms with E-state index in [1.54, 1.807) is 0 Å². The van der Waals surface area contributed by atoms with Crippen molar-refractivity contribution in [2.45, 2.75) is 26.2 Å². The molecule has 0 spiro atoms. The van der Waals surface area contributed by atoms with Crippen LogP contribution in [0.5, 0.6) is 0 Å². The Morgan fingerprint density at radius 2 is 2.00 bits per heavy atom. The molecule has 3 rings (SSSR count). The third-order valence-electron chi connectivity index (χ3n) is 4.49. The van der Waals surface area contributed by atoms with Crippen molar-refractivity contribution in [2.75, 3.05) is 19.6 Å². The Bertz CT molecular complexity index is 629. The van der Waals surface area contributed by atoms with Gasteiger partial charge in [-0.15, -0.1) is 0 Å². The zero-order valence-corrected chi connectivity index (χ0v) is 12.7. The number of carbonyl (C=O) groups excluding carboxylic acids is 1. The maximum atomic E-state index is 12.6. The summed E-state index contributed by atoms with van der Waals surface area (Å²) in [5.74, 6) is 1.04. The Hall–Kier alpha value is -1.67. The maximum absolute atomic E-state index is 12.6. The lowest BCUT2D eigenvalue weighted by atomic mass is 9.98. The molecule has 2 heteroatoms. The summed E-state index contributed by atoms with van der Waals surface area (Å²) >= 11 is 0. The van der Waals surface area contributed by atoms with E-state index in [4.69, 9.17) is 0 Å². The molecule has 1 unspecified atom stereocenters. The number of benzene rings is 2. The number of hydrogen-bond acceptors (Lipinski definition) is 2. The van der Waals surface area contributed by atoms with Crippen LogP contribution in [0, 0.1) is 5.92 Å². The van der Waals surface area contributed by atoms with Gasteiger partial charge in [-0.25, -0.2) is 0 Å². The van der Waals surface area contributed by atoms with Crippen LogP contribution in [0.3, 0.4) is 0 Å². The van der Waals surface area contributed by atoms with Crippen LogP contribution in [-0.4, -0.2) is 30.3 Å². The van der Waals surface area contributed by atoms with Gasteiger partial charge in [-0.05, 0) is 36.1 Å². The van der Waals surface area contributed by atoms with Gasteiger partial charge in [0.25, 0.3) is 0 Å². The van der Waals surface area contributed by atoms with Crippen molar-refractivity contribution in [3.05, 3.63) is 48.0 Å². The summed E-state index contributed by atoms with van der Waals surface area (Å²) in [5.41, 5.74) is 0.873. The SMILES string of the molecule is CC1CCCN(CCC(=O)c2cccc3ccccc23)C1. The Kier molecular flexibility index (Phi) is 4.35. The molecule has 2 nitrogen and oxygen atoms in total. The molecule has 0 aliphatic carbocycles. The van der Waals surface area contributed by atoms with Crippen LogP contribution in [0.4, 0.5) is 0 Å². The summed E-state index contributed by atoms with van der Waals surface area (Å²) < 4.78 is 0. The molecule has 1 heterocycles. The second-order valence-corrected chi connectivity index (χ2v) is 6.25. The van der Waals surface area contributed by atoms with E-state index >= 15 is 0 Å². The van der Waals surface area contributed by atoms with E-state index < -0.39 is 0 Å². The van der Waals surface area contributed by atoms with Gasteiger partial charge in [-0.2, -0.15) is 0 Å². The zero-order chi connectivity index (χ0) is 14.7. The lowest BCUT2D eigenvalue weighted by Crippen LogP contribution is -2.35. The molecular weight excluding hydrogens is 258 g/mol. The summed E-state index contributed by atoms with van der Waals surface area (Å²) in [7, 11) is 0. The monoisotopic (exact) mass is 281 g/mol. The van der Waals surface area contributed by atoms with Crippen LogP contribution in [0.15, 0.2) is 42.5 Å². The molecule has 0 radical (unpaired) electrons. The number of piperidine rings is 1. The van der Waals surface area contributed by atoms with Crippen molar-refractivity contribution >= 4 is 16.6 Å². The normalized spacial score (nSPS) is 19.8. The van der Waals surface area contributed by atoms with Crippen LogP contribution in [-0.2, 0) is 0 Å². The molecule has 1 atom stereocenters. The highest BCUT2D eigenvalue weighted by Gasteiger charge is 2.17. The molecule has 0 N–H and O–H groups in total. The summed E-state index contributed by atoms with van der Waals surface area (Å²) in [6, 6.07) is 14.2. The third-order valence-corrected chi connectivity index (χ3v) is 4.49. The first-order valence-corrected chi connectivity index (χ1v) is 7.97. The fraction of sp³-hybridized carbons (Fsp3) is 0.421. The van der Waals surface area contributed by atoms with Crippen molar-refractivity contribution in [2.24, 2.45) is 5.92 Å². The molecular formula is C19H23NO. The molecule has 1 fully saturated rings. The van der Waals surface area contributed by atoms with E-state index in [1.165, 1.54) is 12.8 Å². The van der Waals surface area contributed by atoms with Gasteiger partial charge in [0.1, 0.15) is 0 Å². The van der Waals surface area contributed by atoms with Crippen molar-refractivity contribution < 1.29 is 4.79 Å². The largest absolute Gasteiger partial charge is 0.303 e. The molecule has 0 saturated carbocycles. The lowest BCUT2D eigenvalue weighted by Gasteiger charge is -2.30. The molecule has 2 aromatic carbocycles. The van der Waals surface area contributed by atoms with Gasteiger partial charge in [0.15, 0.2) is 5.78 Å². The summed E-state index contributed by atoms with van der Waals surface area (Å²) in [6.07, 6.45) is 3.22. The highest BCUT2D eigenvalue weighted by Crippen LogP contribution is 2.21. The molecule has 0 bridgehead atoms. The van der Waals surface area contributed by atoms with E-state index in [2.05, 4.69) is 24.0 Å². The van der Waals surface area contributed by atoms with Crippen molar-refractivity contribution in [1.29, 1.82) is 0 Å². The average Bonchev–Trinajstić information content (AvgIpc) is 2.52. The van der Waals surface area contributed by atoms with E-state index in [-0.39, 0.29) is 5.78 Å². The van der Waals surface area contributed by atoms with Crippen LogP contribution in [0.1, 0.15) is 36.5 Å². The number of carbonyl (C=O) groups is 1. The second kappa shape index (κ2) is 6.40. The molecule has 1 aliphatic rings. The van der Waals surface area contributed by atoms with Gasteiger partial charge < -0.3 is 4.90 Å². The predicted octanol–water partition coefficient (Wildman–Crippen LogP) is 4.14. The first kappa shape index (κ1) is 14.3. The molecule has 0 aromatic heterocycles. The molecule has 1 aliphatic heterocycles. The van der Waals surface area contributed by atoms with Crippen LogP contribution >= 0.6 is 0 Å². The molecule has 2 aromatic rings. The minimum atomic E-state index is 0.269. The smallest absolute Gasteiger partial charge is 0.164 e. The van der Waals surface area contributed by atoms with E-state index in [0.717, 1.165) is 41.9 Å². The number of rotatable bonds is 4. The Morgan fingerprint density at radius 3 is 2.86 bits per heavy atom. The topological polar surface area (TPSA) is 20.3 Å². The Balaban J connectivity index is 1.69. The lowest BCUT2D eigenvalue weighted by molar-refractivity contribution is 0.0950. The highest BCUT2D eigenvalue weighted by molar-refractivity contribution is 6.08. The number of hydrogen-bond donors (Lipinski definition) is 0. The van der Waals surface area contributed by atoms with Gasteiger partial charge in [0.2, 0.25) is 0 Å². The van der Waals surface area contributed by atoms with Crippen molar-refractivity contribution in [3.8, 4) is 0 Å². The van der Waals surface area contributed by atoms with Crippen LogP contribution < -0.4 is 0 Å². The molecule has 1 saturated heterocycles. The van der Waals surface area contributed by atoms with Gasteiger partial charge >= 0.3 is 0 Å². The van der Waals surface area contributed by atoms with Gasteiger partial charge in [0, 0.05) is 25.1 Å². The minimum absolute atomic E-state index is 0.269. The number of ketones is 1. The molecule has 110 valence electrons. The number of fused-ring (bicyclic) bond motifs is 1. The highest BCUT2D eigenvalue weighted by atomic mass is 16.1. The predicted molar refractivity (Wildman–Crippen MR) is 87.7 cm³/mol. The molecule has 0 amide bonds. The fourth-order valence-electron chi connectivity index (χ4n) is 3.35. The van der Waals surface area contributed by atoms with E-state index in [1.807, 2.05) is 30.3 Å². The van der Waals surface area contributed by atoms with Crippen molar-refractivity contribution in [1.82, 2.24) is 4.90 Å². The average molecular weight is 281 g/mol. The number of nitrogens with zero attached hydrogens (tertiary/aromatic N) is 1. The first-order chi connectivity index (χ1) is 10.2. The third kappa shape index (κ3) is 3.33. The summed E-state index contributed by atoms with van der Waals surface area (Å²) in [6.45, 7) is 5.49. The number of likely N-dealkylation sites (tertiary alicyclic amines) is 1. The minimum Gasteiger partial charge on any atom is -0.303 e. The molecule has 21 heavy (non-hydrogen) atoms. The maximum Gasteiger partial charge on any atom is 0.164 e. The summed E-state index contributed by atoms with van der Waals surface area (Å²) in [4.78, 5) is 15.0. The first-order valence-electron chi connectivity index (χ1n) is 7.97. The quantitative estimate of drug-likeness (QED) is 0.785. The fourth-order valence-corrected chi connectivity index (χ4v) is 3.35. The standard InChI is InChI=1S/C19H23NO/c1-15-6-5-12-20(14-15)13-11-19(21)18-10-4-8-16-7-2-3-9-17(16)18/h2-4,7-10,15H,5-6,11-14H2,1H3. The van der Waals surface area contributed by atoms with E-state index in [9.17, 15) is 4.79 Å². The van der Waals surface area contributed by atoms with Gasteiger partial charge in [0.05, 0.1) is 0 Å².